The quantitative estimate of drug-likeness (QED) is 0.790. The molecule has 1 aromatic heterocycles. The van der Waals surface area contributed by atoms with Gasteiger partial charge in [0.05, 0.1) is 7.11 Å². The van der Waals surface area contributed by atoms with Crippen molar-refractivity contribution in [3.05, 3.63) is 40.9 Å². The number of ether oxygens (including phenoxy) is 1. The Hall–Kier alpha value is -1.59. The Labute approximate surface area is 133 Å². The van der Waals surface area contributed by atoms with Crippen LogP contribution in [0, 0.1) is 0 Å². The molecule has 0 aliphatic carbocycles. The molecule has 0 spiro atoms. The zero-order valence-electron chi connectivity index (χ0n) is 11.8. The van der Waals surface area contributed by atoms with Crippen LogP contribution in [0.3, 0.4) is 0 Å². The van der Waals surface area contributed by atoms with Crippen molar-refractivity contribution in [2.75, 3.05) is 18.3 Å². The average Bonchev–Trinajstić information content (AvgIpc) is 2.93. The van der Waals surface area contributed by atoms with Crippen LogP contribution in [0.4, 0.5) is 5.13 Å². The number of thiazole rings is 1. The van der Waals surface area contributed by atoms with E-state index in [1.807, 2.05) is 24.3 Å². The topological polar surface area (TPSA) is 51.2 Å². The molecule has 1 N–H and O–H groups in total. The van der Waals surface area contributed by atoms with E-state index in [-0.39, 0.29) is 5.91 Å². The molecular formula is C15H17ClN2O2S. The molecule has 0 bridgehead atoms. The number of alkyl halides is 1. The van der Waals surface area contributed by atoms with Crippen molar-refractivity contribution >= 4 is 34.0 Å². The minimum absolute atomic E-state index is 0.0407. The normalized spacial score (nSPS) is 10.4. The molecule has 6 heteroatoms. The Morgan fingerprint density at radius 1 is 1.38 bits per heavy atom. The van der Waals surface area contributed by atoms with E-state index in [0.29, 0.717) is 23.9 Å². The van der Waals surface area contributed by atoms with Gasteiger partial charge in [-0.25, -0.2) is 4.98 Å². The summed E-state index contributed by atoms with van der Waals surface area (Å²) in [6, 6.07) is 7.92. The van der Waals surface area contributed by atoms with Crippen LogP contribution in [0.15, 0.2) is 30.5 Å². The first-order chi connectivity index (χ1) is 10.2. The maximum Gasteiger partial charge on any atom is 0.226 e. The highest BCUT2D eigenvalue weighted by molar-refractivity contribution is 7.15. The van der Waals surface area contributed by atoms with E-state index >= 15 is 0 Å². The Morgan fingerprint density at radius 2 is 2.14 bits per heavy atom. The summed E-state index contributed by atoms with van der Waals surface area (Å²) in [5.41, 5.74) is 1.18. The lowest BCUT2D eigenvalue weighted by molar-refractivity contribution is -0.116. The van der Waals surface area contributed by atoms with Crippen LogP contribution in [0.25, 0.3) is 0 Å². The second-order valence-electron chi connectivity index (χ2n) is 4.50. The Bertz CT molecular complexity index is 584. The van der Waals surface area contributed by atoms with Gasteiger partial charge < -0.3 is 10.1 Å². The fourth-order valence-corrected chi connectivity index (χ4v) is 2.80. The molecule has 0 radical (unpaired) electrons. The summed E-state index contributed by atoms with van der Waals surface area (Å²) in [5, 5.41) is 3.43. The number of aromatic nitrogens is 1. The highest BCUT2D eigenvalue weighted by Crippen LogP contribution is 2.22. The van der Waals surface area contributed by atoms with Crippen LogP contribution < -0.4 is 10.1 Å². The highest BCUT2D eigenvalue weighted by Gasteiger charge is 2.07. The lowest BCUT2D eigenvalue weighted by atomic mass is 10.1. The number of nitrogens with one attached hydrogen (secondary N) is 1. The molecule has 2 aromatic rings. The molecule has 0 fully saturated rings. The molecule has 21 heavy (non-hydrogen) atoms. The summed E-state index contributed by atoms with van der Waals surface area (Å²) in [6.07, 6.45) is 3.69. The summed E-state index contributed by atoms with van der Waals surface area (Å²) < 4.78 is 5.13. The summed E-state index contributed by atoms with van der Waals surface area (Å²) >= 11 is 7.05. The smallest absolute Gasteiger partial charge is 0.226 e. The zero-order chi connectivity index (χ0) is 15.1. The lowest BCUT2D eigenvalue weighted by Crippen LogP contribution is -2.10. The first kappa shape index (κ1) is 15.8. The maximum absolute atomic E-state index is 11.6. The monoisotopic (exact) mass is 324 g/mol. The number of benzene rings is 1. The van der Waals surface area contributed by atoms with Gasteiger partial charge in [0.2, 0.25) is 5.91 Å². The number of nitrogens with zero attached hydrogens (tertiary/aromatic N) is 1. The van der Waals surface area contributed by atoms with Crippen molar-refractivity contribution in [1.29, 1.82) is 0 Å². The Morgan fingerprint density at radius 3 is 2.81 bits per heavy atom. The van der Waals surface area contributed by atoms with Gasteiger partial charge in [-0.3, -0.25) is 4.79 Å². The Kier molecular flexibility index (Phi) is 6.02. The fourth-order valence-electron chi connectivity index (χ4n) is 1.80. The SMILES string of the molecule is COc1ccc(Cc2cnc(NC(=O)CCCCl)s2)cc1. The minimum atomic E-state index is -0.0407. The van der Waals surface area contributed by atoms with Crippen molar-refractivity contribution in [2.45, 2.75) is 19.3 Å². The molecule has 0 aliphatic rings. The van der Waals surface area contributed by atoms with Crippen molar-refractivity contribution in [1.82, 2.24) is 4.98 Å². The number of carbonyl (C=O) groups is 1. The molecule has 1 amide bonds. The largest absolute Gasteiger partial charge is 0.497 e. The Balaban J connectivity index is 1.91. The first-order valence-corrected chi connectivity index (χ1v) is 8.00. The van der Waals surface area contributed by atoms with E-state index in [1.54, 1.807) is 13.3 Å². The predicted molar refractivity (Wildman–Crippen MR) is 86.5 cm³/mol. The third-order valence-corrected chi connectivity index (χ3v) is 4.05. The molecule has 0 unspecified atom stereocenters. The van der Waals surface area contributed by atoms with Gasteiger partial charge in [0.25, 0.3) is 0 Å². The number of carbonyl (C=O) groups excluding carboxylic acids is 1. The molecular weight excluding hydrogens is 308 g/mol. The number of rotatable bonds is 7. The maximum atomic E-state index is 11.6. The van der Waals surface area contributed by atoms with E-state index in [4.69, 9.17) is 16.3 Å². The van der Waals surface area contributed by atoms with Gasteiger partial charge in [-0.2, -0.15) is 0 Å². The summed E-state index contributed by atoms with van der Waals surface area (Å²) in [7, 11) is 1.65. The van der Waals surface area contributed by atoms with Crippen LogP contribution in [-0.2, 0) is 11.2 Å². The van der Waals surface area contributed by atoms with Crippen LogP contribution in [0.5, 0.6) is 5.75 Å². The van der Waals surface area contributed by atoms with E-state index < -0.39 is 0 Å². The number of hydrogen-bond donors (Lipinski definition) is 1. The molecule has 1 aromatic carbocycles. The van der Waals surface area contributed by atoms with Gasteiger partial charge in [0.15, 0.2) is 5.13 Å². The number of halogens is 1. The van der Waals surface area contributed by atoms with E-state index in [2.05, 4.69) is 10.3 Å². The predicted octanol–water partition coefficient (Wildman–Crippen LogP) is 3.70. The van der Waals surface area contributed by atoms with Crippen LogP contribution in [0.1, 0.15) is 23.3 Å². The molecule has 0 atom stereocenters. The molecule has 1 heterocycles. The average molecular weight is 325 g/mol. The second kappa shape index (κ2) is 8.00. The van der Waals surface area contributed by atoms with Gasteiger partial charge in [0, 0.05) is 29.8 Å². The summed E-state index contributed by atoms with van der Waals surface area (Å²) in [5.74, 6) is 1.30. The third kappa shape index (κ3) is 5.02. The van der Waals surface area contributed by atoms with Gasteiger partial charge in [-0.1, -0.05) is 12.1 Å². The van der Waals surface area contributed by atoms with E-state index in [1.165, 1.54) is 16.9 Å². The lowest BCUT2D eigenvalue weighted by Gasteiger charge is -2.01. The van der Waals surface area contributed by atoms with E-state index in [9.17, 15) is 4.79 Å². The standard InChI is InChI=1S/C15H17ClN2O2S/c1-20-12-6-4-11(5-7-12)9-13-10-17-15(21-13)18-14(19)3-2-8-16/h4-7,10H,2-3,8-9H2,1H3,(H,17,18,19). The molecule has 112 valence electrons. The number of amides is 1. The van der Waals surface area contributed by atoms with Crippen LogP contribution >= 0.6 is 22.9 Å². The minimum Gasteiger partial charge on any atom is -0.497 e. The van der Waals surface area contributed by atoms with Gasteiger partial charge >= 0.3 is 0 Å². The van der Waals surface area contributed by atoms with Crippen molar-refractivity contribution in [2.24, 2.45) is 0 Å². The summed E-state index contributed by atoms with van der Waals surface area (Å²) in [4.78, 5) is 16.9. The number of anilines is 1. The third-order valence-electron chi connectivity index (χ3n) is 2.87. The number of methoxy groups -OCH3 is 1. The zero-order valence-corrected chi connectivity index (χ0v) is 13.3. The first-order valence-electron chi connectivity index (χ1n) is 6.64. The summed E-state index contributed by atoms with van der Waals surface area (Å²) in [6.45, 7) is 0. The molecule has 4 nitrogen and oxygen atoms in total. The molecule has 0 aliphatic heterocycles. The van der Waals surface area contributed by atoms with Gasteiger partial charge in [-0.15, -0.1) is 22.9 Å². The highest BCUT2D eigenvalue weighted by atomic mass is 35.5. The van der Waals surface area contributed by atoms with Crippen molar-refractivity contribution in [3.8, 4) is 5.75 Å². The molecule has 0 saturated carbocycles. The molecule has 2 rings (SSSR count). The molecule has 0 saturated heterocycles. The second-order valence-corrected chi connectivity index (χ2v) is 5.99. The fraction of sp³-hybridized carbons (Fsp3) is 0.333. The van der Waals surface area contributed by atoms with Crippen molar-refractivity contribution < 1.29 is 9.53 Å². The van der Waals surface area contributed by atoms with Crippen molar-refractivity contribution in [3.63, 3.8) is 0 Å². The van der Waals surface area contributed by atoms with Gasteiger partial charge in [0.1, 0.15) is 5.75 Å². The number of hydrogen-bond acceptors (Lipinski definition) is 4. The van der Waals surface area contributed by atoms with Gasteiger partial charge in [-0.05, 0) is 24.1 Å². The van der Waals surface area contributed by atoms with E-state index in [0.717, 1.165) is 17.0 Å². The van der Waals surface area contributed by atoms with Crippen LogP contribution in [-0.4, -0.2) is 23.9 Å². The van der Waals surface area contributed by atoms with Crippen LogP contribution in [0.2, 0.25) is 0 Å².